The monoisotopic (exact) mass is 401 g/mol. The SMILES string of the molecule is Cc1ccc(NC(=O)[C@H](Sc2nnc(N)s2)c2ccccc2)c([N+](=O)[O-])c1. The summed E-state index contributed by atoms with van der Waals surface area (Å²) in [5.41, 5.74) is 7.08. The van der Waals surface area contributed by atoms with Crippen molar-refractivity contribution < 1.29 is 9.72 Å². The molecule has 10 heteroatoms. The van der Waals surface area contributed by atoms with Gasteiger partial charge in [0.05, 0.1) is 4.92 Å². The smallest absolute Gasteiger partial charge is 0.293 e. The molecule has 0 spiro atoms. The maximum absolute atomic E-state index is 13.0. The van der Waals surface area contributed by atoms with E-state index in [-0.39, 0.29) is 11.4 Å². The maximum Gasteiger partial charge on any atom is 0.293 e. The molecular formula is C17H15N5O3S2. The van der Waals surface area contributed by atoms with Crippen LogP contribution in [0.25, 0.3) is 0 Å². The Morgan fingerprint density at radius 2 is 2.00 bits per heavy atom. The number of nitrogens with zero attached hydrogens (tertiary/aromatic N) is 3. The summed E-state index contributed by atoms with van der Waals surface area (Å²) in [5, 5.41) is 21.3. The van der Waals surface area contributed by atoms with Gasteiger partial charge in [-0.25, -0.2) is 0 Å². The minimum absolute atomic E-state index is 0.147. The summed E-state index contributed by atoms with van der Waals surface area (Å²) in [7, 11) is 0. The molecule has 0 aliphatic heterocycles. The highest BCUT2D eigenvalue weighted by Crippen LogP contribution is 2.38. The molecule has 3 N–H and O–H groups in total. The minimum Gasteiger partial charge on any atom is -0.374 e. The molecule has 27 heavy (non-hydrogen) atoms. The number of nitrogens with two attached hydrogens (primary N) is 1. The number of aromatic nitrogens is 2. The number of aryl methyl sites for hydroxylation is 1. The van der Waals surface area contributed by atoms with E-state index >= 15 is 0 Å². The lowest BCUT2D eigenvalue weighted by Crippen LogP contribution is -2.19. The first-order valence-corrected chi connectivity index (χ1v) is 9.50. The standard InChI is InChI=1S/C17H15N5O3S2/c1-10-7-8-12(13(9-10)22(24)25)19-15(23)14(11-5-3-2-4-6-11)26-17-21-20-16(18)27-17/h2-9,14H,1H3,(H2,18,20)(H,19,23)/t14-/m1/s1. The molecular weight excluding hydrogens is 386 g/mol. The van der Waals surface area contributed by atoms with Gasteiger partial charge in [-0.1, -0.05) is 59.5 Å². The Morgan fingerprint density at radius 1 is 1.26 bits per heavy atom. The van der Waals surface area contributed by atoms with E-state index in [1.807, 2.05) is 30.3 Å². The third-order valence-electron chi connectivity index (χ3n) is 3.59. The van der Waals surface area contributed by atoms with Crippen LogP contribution in [0.5, 0.6) is 0 Å². The second kappa shape index (κ2) is 8.14. The number of nitro benzene ring substituents is 1. The highest BCUT2D eigenvalue weighted by molar-refractivity contribution is 8.02. The number of nitrogens with one attached hydrogen (secondary N) is 1. The fourth-order valence-electron chi connectivity index (χ4n) is 2.37. The van der Waals surface area contributed by atoms with Crippen molar-refractivity contribution in [1.82, 2.24) is 10.2 Å². The molecule has 2 aromatic carbocycles. The van der Waals surface area contributed by atoms with Crippen molar-refractivity contribution in [2.75, 3.05) is 11.1 Å². The largest absolute Gasteiger partial charge is 0.374 e. The second-order valence-corrected chi connectivity index (χ2v) is 7.94. The third kappa shape index (κ3) is 4.60. The highest BCUT2D eigenvalue weighted by atomic mass is 32.2. The van der Waals surface area contributed by atoms with E-state index in [2.05, 4.69) is 15.5 Å². The van der Waals surface area contributed by atoms with Crippen LogP contribution in [0.1, 0.15) is 16.4 Å². The summed E-state index contributed by atoms with van der Waals surface area (Å²) in [6.45, 7) is 1.75. The van der Waals surface area contributed by atoms with Gasteiger partial charge in [0, 0.05) is 6.07 Å². The van der Waals surface area contributed by atoms with E-state index in [0.717, 1.165) is 11.1 Å². The molecule has 3 rings (SSSR count). The Labute approximate surface area is 163 Å². The zero-order chi connectivity index (χ0) is 19.4. The van der Waals surface area contributed by atoms with Gasteiger partial charge in [0.1, 0.15) is 10.9 Å². The lowest BCUT2D eigenvalue weighted by atomic mass is 10.1. The molecule has 0 bridgehead atoms. The summed E-state index contributed by atoms with van der Waals surface area (Å²) < 4.78 is 0.537. The molecule has 0 saturated heterocycles. The van der Waals surface area contributed by atoms with Gasteiger partial charge in [0.25, 0.3) is 5.69 Å². The number of hydrogen-bond acceptors (Lipinski definition) is 8. The number of thioether (sulfide) groups is 1. The van der Waals surface area contributed by atoms with Crippen LogP contribution in [0, 0.1) is 17.0 Å². The van der Waals surface area contributed by atoms with Crippen molar-refractivity contribution >= 4 is 45.5 Å². The summed E-state index contributed by atoms with van der Waals surface area (Å²) >= 11 is 2.37. The number of amides is 1. The Bertz CT molecular complexity index is 978. The number of rotatable bonds is 6. The Hall–Kier alpha value is -2.98. The van der Waals surface area contributed by atoms with Crippen LogP contribution in [0.3, 0.4) is 0 Å². The molecule has 1 heterocycles. The van der Waals surface area contributed by atoms with Gasteiger partial charge in [0.2, 0.25) is 11.0 Å². The van der Waals surface area contributed by atoms with Gasteiger partial charge >= 0.3 is 0 Å². The quantitative estimate of drug-likeness (QED) is 0.365. The molecule has 3 aromatic rings. The molecule has 0 aliphatic rings. The zero-order valence-corrected chi connectivity index (χ0v) is 15.8. The average Bonchev–Trinajstić information content (AvgIpc) is 3.06. The maximum atomic E-state index is 13.0. The van der Waals surface area contributed by atoms with Crippen LogP contribution in [-0.4, -0.2) is 21.0 Å². The van der Waals surface area contributed by atoms with E-state index in [0.29, 0.717) is 9.47 Å². The second-order valence-electron chi connectivity index (χ2n) is 5.58. The topological polar surface area (TPSA) is 124 Å². The van der Waals surface area contributed by atoms with E-state index in [4.69, 9.17) is 5.73 Å². The van der Waals surface area contributed by atoms with Gasteiger partial charge in [0.15, 0.2) is 4.34 Å². The number of carbonyl (C=O) groups excluding carboxylic acids is 1. The number of nitrogen functional groups attached to an aromatic ring is 1. The Morgan fingerprint density at radius 3 is 2.63 bits per heavy atom. The summed E-state index contributed by atoms with van der Waals surface area (Å²) in [4.78, 5) is 23.7. The summed E-state index contributed by atoms with van der Waals surface area (Å²) in [5.74, 6) is -0.396. The normalized spacial score (nSPS) is 11.7. The van der Waals surface area contributed by atoms with Crippen molar-refractivity contribution in [3.8, 4) is 0 Å². The molecule has 1 atom stereocenters. The minimum atomic E-state index is -0.667. The van der Waals surface area contributed by atoms with Crippen molar-refractivity contribution in [3.63, 3.8) is 0 Å². The van der Waals surface area contributed by atoms with Gasteiger partial charge in [-0.3, -0.25) is 14.9 Å². The molecule has 8 nitrogen and oxygen atoms in total. The average molecular weight is 401 g/mol. The van der Waals surface area contributed by atoms with Gasteiger partial charge in [-0.15, -0.1) is 10.2 Å². The zero-order valence-electron chi connectivity index (χ0n) is 14.2. The van der Waals surface area contributed by atoms with E-state index in [1.165, 1.54) is 35.2 Å². The van der Waals surface area contributed by atoms with Crippen LogP contribution >= 0.6 is 23.1 Å². The van der Waals surface area contributed by atoms with Crippen LogP contribution in [0.4, 0.5) is 16.5 Å². The summed E-state index contributed by atoms with van der Waals surface area (Å²) in [6, 6.07) is 13.8. The molecule has 0 aliphatic carbocycles. The van der Waals surface area contributed by atoms with Gasteiger partial charge < -0.3 is 11.1 Å². The lowest BCUT2D eigenvalue weighted by molar-refractivity contribution is -0.384. The lowest BCUT2D eigenvalue weighted by Gasteiger charge is -2.15. The molecule has 138 valence electrons. The first-order valence-electron chi connectivity index (χ1n) is 7.80. The molecule has 1 amide bonds. The van der Waals surface area contributed by atoms with Crippen LogP contribution < -0.4 is 11.1 Å². The van der Waals surface area contributed by atoms with Crippen molar-refractivity contribution in [2.24, 2.45) is 0 Å². The molecule has 0 radical (unpaired) electrons. The van der Waals surface area contributed by atoms with Gasteiger partial charge in [-0.2, -0.15) is 0 Å². The van der Waals surface area contributed by atoms with Crippen molar-refractivity contribution in [1.29, 1.82) is 0 Å². The Balaban J connectivity index is 1.91. The molecule has 0 fully saturated rings. The number of benzene rings is 2. The third-order valence-corrected chi connectivity index (χ3v) is 5.68. The molecule has 1 aromatic heterocycles. The number of hydrogen-bond donors (Lipinski definition) is 2. The van der Waals surface area contributed by atoms with E-state index in [1.54, 1.807) is 13.0 Å². The number of nitro groups is 1. The Kier molecular flexibility index (Phi) is 5.67. The van der Waals surface area contributed by atoms with Crippen LogP contribution in [0.2, 0.25) is 0 Å². The highest BCUT2D eigenvalue weighted by Gasteiger charge is 2.26. The van der Waals surface area contributed by atoms with Crippen LogP contribution in [0.15, 0.2) is 52.9 Å². The molecule has 0 saturated carbocycles. The van der Waals surface area contributed by atoms with Crippen molar-refractivity contribution in [3.05, 3.63) is 69.8 Å². The molecule has 0 unspecified atom stereocenters. The van der Waals surface area contributed by atoms with Crippen LogP contribution in [-0.2, 0) is 4.79 Å². The first-order chi connectivity index (χ1) is 12.9. The number of anilines is 2. The summed E-state index contributed by atoms with van der Waals surface area (Å²) in [6.07, 6.45) is 0. The predicted molar refractivity (Wildman–Crippen MR) is 106 cm³/mol. The van der Waals surface area contributed by atoms with E-state index < -0.39 is 16.1 Å². The fraction of sp³-hybridized carbons (Fsp3) is 0.118. The van der Waals surface area contributed by atoms with E-state index in [9.17, 15) is 14.9 Å². The van der Waals surface area contributed by atoms with Crippen molar-refractivity contribution in [2.45, 2.75) is 16.5 Å². The number of carbonyl (C=O) groups is 1. The van der Waals surface area contributed by atoms with Gasteiger partial charge in [-0.05, 0) is 24.1 Å². The first kappa shape index (κ1) is 18.8. The fourth-order valence-corrected chi connectivity index (χ4v) is 4.19. The predicted octanol–water partition coefficient (Wildman–Crippen LogP) is 3.81.